The molecule has 3 N–H and O–H groups in total. The summed E-state index contributed by atoms with van der Waals surface area (Å²) in [6.07, 6.45) is 0.882. The lowest BCUT2D eigenvalue weighted by molar-refractivity contribution is -0.0324. The highest BCUT2D eigenvalue weighted by atomic mass is 16.6. The standard InChI is InChI=1S/C17H28N4O4/c1-5-21-12(10-13(19-21)14(18)22)11-17(24)6-8-20(9-7-17)15(23)25-16(2,3)4/h10,24H,5-9,11H2,1-4H3,(H2,18,22). The van der Waals surface area contributed by atoms with E-state index in [1.807, 2.05) is 27.7 Å². The summed E-state index contributed by atoms with van der Waals surface area (Å²) in [6, 6.07) is 1.63. The van der Waals surface area contributed by atoms with Crippen LogP contribution in [0.25, 0.3) is 0 Å². The fourth-order valence-electron chi connectivity index (χ4n) is 2.94. The number of carbonyl (C=O) groups is 2. The molecule has 2 amide bonds. The van der Waals surface area contributed by atoms with Crippen LogP contribution in [0.15, 0.2) is 6.07 Å². The number of piperidine rings is 1. The van der Waals surface area contributed by atoms with E-state index in [-0.39, 0.29) is 11.8 Å². The number of aryl methyl sites for hydroxylation is 1. The van der Waals surface area contributed by atoms with Crippen LogP contribution in [0.1, 0.15) is 56.7 Å². The maximum absolute atomic E-state index is 12.1. The minimum atomic E-state index is -0.944. The molecule has 1 aromatic heterocycles. The highest BCUT2D eigenvalue weighted by Gasteiger charge is 2.36. The average molecular weight is 352 g/mol. The summed E-state index contributed by atoms with van der Waals surface area (Å²) in [4.78, 5) is 25.0. The summed E-state index contributed by atoms with van der Waals surface area (Å²) >= 11 is 0. The van der Waals surface area contributed by atoms with Gasteiger partial charge in [-0.3, -0.25) is 9.48 Å². The van der Waals surface area contributed by atoms with Crippen LogP contribution in [-0.4, -0.2) is 56.1 Å². The van der Waals surface area contributed by atoms with E-state index in [1.165, 1.54) is 0 Å². The molecular weight excluding hydrogens is 324 g/mol. The summed E-state index contributed by atoms with van der Waals surface area (Å²) in [5.74, 6) is -0.583. The van der Waals surface area contributed by atoms with Gasteiger partial charge in [-0.2, -0.15) is 5.10 Å². The minimum Gasteiger partial charge on any atom is -0.444 e. The molecule has 2 rings (SSSR count). The molecular formula is C17H28N4O4. The molecule has 0 unspecified atom stereocenters. The Kier molecular flexibility index (Phi) is 5.41. The minimum absolute atomic E-state index is 0.201. The fourth-order valence-corrected chi connectivity index (χ4v) is 2.94. The number of primary amides is 1. The van der Waals surface area contributed by atoms with Gasteiger partial charge in [0.1, 0.15) is 11.3 Å². The Morgan fingerprint density at radius 3 is 2.44 bits per heavy atom. The van der Waals surface area contributed by atoms with E-state index >= 15 is 0 Å². The Balaban J connectivity index is 2.01. The van der Waals surface area contributed by atoms with E-state index in [0.29, 0.717) is 38.9 Å². The van der Waals surface area contributed by atoms with Crippen molar-refractivity contribution in [2.75, 3.05) is 13.1 Å². The van der Waals surface area contributed by atoms with Crippen molar-refractivity contribution in [3.05, 3.63) is 17.5 Å². The zero-order valence-corrected chi connectivity index (χ0v) is 15.4. The van der Waals surface area contributed by atoms with Crippen molar-refractivity contribution in [2.24, 2.45) is 5.73 Å². The first kappa shape index (κ1) is 19.2. The number of nitrogens with zero attached hydrogens (tertiary/aromatic N) is 3. The largest absolute Gasteiger partial charge is 0.444 e. The first-order valence-electron chi connectivity index (χ1n) is 8.60. The van der Waals surface area contributed by atoms with Crippen LogP contribution in [0.5, 0.6) is 0 Å². The van der Waals surface area contributed by atoms with Crippen molar-refractivity contribution < 1.29 is 19.4 Å². The molecule has 0 saturated carbocycles. The Bertz CT molecular complexity index is 640. The van der Waals surface area contributed by atoms with Crippen molar-refractivity contribution in [3.8, 4) is 0 Å². The van der Waals surface area contributed by atoms with Gasteiger partial charge in [0, 0.05) is 31.7 Å². The first-order valence-corrected chi connectivity index (χ1v) is 8.60. The van der Waals surface area contributed by atoms with Gasteiger partial charge in [0.05, 0.1) is 5.60 Å². The summed E-state index contributed by atoms with van der Waals surface area (Å²) in [5.41, 5.74) is 4.77. The predicted octanol–water partition coefficient (Wildman–Crippen LogP) is 1.31. The number of carbonyl (C=O) groups excluding carboxylic acids is 2. The maximum atomic E-state index is 12.1. The SMILES string of the molecule is CCn1nc(C(N)=O)cc1CC1(O)CCN(C(=O)OC(C)(C)C)CC1. The number of ether oxygens (including phenoxy) is 1. The molecule has 1 aliphatic heterocycles. The number of amides is 2. The first-order chi connectivity index (χ1) is 11.5. The maximum Gasteiger partial charge on any atom is 0.410 e. The van der Waals surface area contributed by atoms with E-state index < -0.39 is 17.1 Å². The van der Waals surface area contributed by atoms with Crippen LogP contribution < -0.4 is 5.73 Å². The number of nitrogens with two attached hydrogens (primary N) is 1. The Morgan fingerprint density at radius 2 is 1.96 bits per heavy atom. The average Bonchev–Trinajstić information content (AvgIpc) is 2.88. The topological polar surface area (TPSA) is 111 Å². The monoisotopic (exact) mass is 352 g/mol. The number of rotatable bonds is 4. The number of aliphatic hydroxyl groups is 1. The number of hydrogen-bond acceptors (Lipinski definition) is 5. The van der Waals surface area contributed by atoms with Gasteiger partial charge in [-0.05, 0) is 46.6 Å². The van der Waals surface area contributed by atoms with Crippen LogP contribution in [-0.2, 0) is 17.7 Å². The highest BCUT2D eigenvalue weighted by molar-refractivity contribution is 5.90. The molecule has 0 bridgehead atoms. The molecule has 8 heteroatoms. The zero-order valence-electron chi connectivity index (χ0n) is 15.4. The molecule has 8 nitrogen and oxygen atoms in total. The summed E-state index contributed by atoms with van der Waals surface area (Å²) in [7, 11) is 0. The second kappa shape index (κ2) is 7.03. The van der Waals surface area contributed by atoms with Crippen molar-refractivity contribution in [1.82, 2.24) is 14.7 Å². The van der Waals surface area contributed by atoms with Crippen molar-refractivity contribution in [2.45, 2.75) is 64.7 Å². The summed E-state index contributed by atoms with van der Waals surface area (Å²) in [6.45, 7) is 8.83. The van der Waals surface area contributed by atoms with Gasteiger partial charge in [0.2, 0.25) is 0 Å². The van der Waals surface area contributed by atoms with Crippen LogP contribution in [0, 0.1) is 0 Å². The second-order valence-corrected chi connectivity index (χ2v) is 7.57. The molecule has 0 radical (unpaired) electrons. The highest BCUT2D eigenvalue weighted by Crippen LogP contribution is 2.27. The lowest BCUT2D eigenvalue weighted by Gasteiger charge is -2.38. The van der Waals surface area contributed by atoms with E-state index in [4.69, 9.17) is 10.5 Å². The lowest BCUT2D eigenvalue weighted by Crippen LogP contribution is -2.49. The quantitative estimate of drug-likeness (QED) is 0.849. The Morgan fingerprint density at radius 1 is 1.36 bits per heavy atom. The molecule has 1 aliphatic rings. The third-order valence-corrected chi connectivity index (χ3v) is 4.27. The molecule has 1 saturated heterocycles. The lowest BCUT2D eigenvalue weighted by atomic mass is 9.87. The molecule has 140 valence electrons. The molecule has 25 heavy (non-hydrogen) atoms. The number of likely N-dealkylation sites (tertiary alicyclic amines) is 1. The molecule has 1 fully saturated rings. The van der Waals surface area contributed by atoms with Gasteiger partial charge < -0.3 is 20.5 Å². The van der Waals surface area contributed by atoms with Crippen LogP contribution in [0.2, 0.25) is 0 Å². The zero-order chi connectivity index (χ0) is 18.8. The van der Waals surface area contributed by atoms with Crippen LogP contribution in [0.3, 0.4) is 0 Å². The molecule has 1 aromatic rings. The molecule has 0 spiro atoms. The van der Waals surface area contributed by atoms with Crippen LogP contribution >= 0.6 is 0 Å². The van der Waals surface area contributed by atoms with E-state index in [1.54, 1.807) is 15.6 Å². The number of hydrogen-bond donors (Lipinski definition) is 2. The van der Waals surface area contributed by atoms with Crippen molar-refractivity contribution in [3.63, 3.8) is 0 Å². The molecule has 2 heterocycles. The van der Waals surface area contributed by atoms with E-state index in [9.17, 15) is 14.7 Å². The third kappa shape index (κ3) is 4.94. The smallest absolute Gasteiger partial charge is 0.410 e. The van der Waals surface area contributed by atoms with E-state index in [0.717, 1.165) is 5.69 Å². The predicted molar refractivity (Wildman–Crippen MR) is 92.1 cm³/mol. The van der Waals surface area contributed by atoms with Gasteiger partial charge in [0.25, 0.3) is 5.91 Å². The molecule has 0 aromatic carbocycles. The Hall–Kier alpha value is -2.09. The molecule has 0 aliphatic carbocycles. The fraction of sp³-hybridized carbons (Fsp3) is 0.706. The van der Waals surface area contributed by atoms with E-state index in [2.05, 4.69) is 5.10 Å². The van der Waals surface area contributed by atoms with Gasteiger partial charge in [-0.1, -0.05) is 0 Å². The van der Waals surface area contributed by atoms with Crippen molar-refractivity contribution in [1.29, 1.82) is 0 Å². The third-order valence-electron chi connectivity index (χ3n) is 4.27. The number of aromatic nitrogens is 2. The van der Waals surface area contributed by atoms with Crippen LogP contribution in [0.4, 0.5) is 4.79 Å². The second-order valence-electron chi connectivity index (χ2n) is 7.57. The van der Waals surface area contributed by atoms with Crippen molar-refractivity contribution >= 4 is 12.0 Å². The summed E-state index contributed by atoms with van der Waals surface area (Å²) in [5, 5.41) is 15.0. The van der Waals surface area contributed by atoms with Gasteiger partial charge in [0.15, 0.2) is 0 Å². The summed E-state index contributed by atoms with van der Waals surface area (Å²) < 4.78 is 7.05. The Labute approximate surface area is 147 Å². The van der Waals surface area contributed by atoms with Gasteiger partial charge in [-0.25, -0.2) is 4.79 Å². The van der Waals surface area contributed by atoms with Gasteiger partial charge in [-0.15, -0.1) is 0 Å². The normalized spacial score (nSPS) is 17.4. The van der Waals surface area contributed by atoms with Gasteiger partial charge >= 0.3 is 6.09 Å². The molecule has 0 atom stereocenters.